The zero-order valence-corrected chi connectivity index (χ0v) is 13.3. The smallest absolute Gasteiger partial charge is 0.258 e. The standard InChI is InChI=1S/C20H19NO2/c1-14(2)15-7-9-17(10-8-15)19(22)13-21-12-11-16-5-3-4-6-18(16)20(21)23/h3-12,14H,13H2,1-2H3. The second kappa shape index (κ2) is 6.21. The Hall–Kier alpha value is -2.68. The summed E-state index contributed by atoms with van der Waals surface area (Å²) in [5, 5.41) is 1.53. The van der Waals surface area contributed by atoms with Gasteiger partial charge in [0.05, 0.1) is 6.54 Å². The highest BCUT2D eigenvalue weighted by Gasteiger charge is 2.10. The van der Waals surface area contributed by atoms with Crippen molar-refractivity contribution in [3.05, 3.63) is 82.3 Å². The quantitative estimate of drug-likeness (QED) is 0.683. The van der Waals surface area contributed by atoms with Gasteiger partial charge in [-0.25, -0.2) is 0 Å². The zero-order valence-electron chi connectivity index (χ0n) is 13.3. The number of aromatic nitrogens is 1. The van der Waals surface area contributed by atoms with Gasteiger partial charge in [-0.15, -0.1) is 0 Å². The molecule has 0 bridgehead atoms. The summed E-state index contributed by atoms with van der Waals surface area (Å²) < 4.78 is 1.47. The molecule has 3 aromatic rings. The Morgan fingerprint density at radius 2 is 1.70 bits per heavy atom. The molecule has 0 spiro atoms. The highest BCUT2D eigenvalue weighted by atomic mass is 16.1. The third-order valence-electron chi connectivity index (χ3n) is 4.10. The molecule has 1 aromatic heterocycles. The zero-order chi connectivity index (χ0) is 16.4. The molecule has 0 fully saturated rings. The van der Waals surface area contributed by atoms with Crippen LogP contribution >= 0.6 is 0 Å². The van der Waals surface area contributed by atoms with Crippen LogP contribution in [0.2, 0.25) is 0 Å². The summed E-state index contributed by atoms with van der Waals surface area (Å²) in [6.07, 6.45) is 1.69. The SMILES string of the molecule is CC(C)c1ccc(C(=O)Cn2ccc3ccccc3c2=O)cc1. The molecule has 0 aliphatic heterocycles. The van der Waals surface area contributed by atoms with Crippen molar-refractivity contribution in [2.24, 2.45) is 0 Å². The van der Waals surface area contributed by atoms with Crippen LogP contribution in [0.1, 0.15) is 35.7 Å². The van der Waals surface area contributed by atoms with Crippen molar-refractivity contribution in [3.8, 4) is 0 Å². The van der Waals surface area contributed by atoms with E-state index < -0.39 is 0 Å². The number of carbonyl (C=O) groups is 1. The molecule has 0 aliphatic carbocycles. The van der Waals surface area contributed by atoms with Gasteiger partial charge in [-0.3, -0.25) is 9.59 Å². The molecule has 3 nitrogen and oxygen atoms in total. The number of nitrogens with zero attached hydrogens (tertiary/aromatic N) is 1. The molecule has 0 saturated carbocycles. The summed E-state index contributed by atoms with van der Waals surface area (Å²) in [7, 11) is 0. The molecule has 2 aromatic carbocycles. The van der Waals surface area contributed by atoms with E-state index in [2.05, 4.69) is 13.8 Å². The van der Waals surface area contributed by atoms with Crippen molar-refractivity contribution in [2.75, 3.05) is 0 Å². The molecule has 3 rings (SSSR count). The van der Waals surface area contributed by atoms with Crippen LogP contribution < -0.4 is 5.56 Å². The molecule has 0 saturated heterocycles. The molecular formula is C20H19NO2. The normalized spacial score (nSPS) is 11.1. The Kier molecular flexibility index (Phi) is 4.11. The first-order valence-corrected chi connectivity index (χ1v) is 7.77. The molecule has 0 aliphatic rings. The van der Waals surface area contributed by atoms with Crippen LogP contribution in [0.4, 0.5) is 0 Å². The maximum atomic E-state index is 12.4. The van der Waals surface area contributed by atoms with Gasteiger partial charge in [0.25, 0.3) is 5.56 Å². The number of fused-ring (bicyclic) bond motifs is 1. The van der Waals surface area contributed by atoms with Crippen molar-refractivity contribution in [1.82, 2.24) is 4.57 Å². The molecule has 3 heteroatoms. The molecule has 0 unspecified atom stereocenters. The number of rotatable bonds is 4. The Balaban J connectivity index is 1.88. The van der Waals surface area contributed by atoms with Gasteiger partial charge in [0.2, 0.25) is 0 Å². The minimum absolute atomic E-state index is 0.0577. The molecule has 0 radical (unpaired) electrons. The summed E-state index contributed by atoms with van der Waals surface area (Å²) in [5.41, 5.74) is 1.70. The van der Waals surface area contributed by atoms with Gasteiger partial charge in [0.1, 0.15) is 0 Å². The van der Waals surface area contributed by atoms with Crippen molar-refractivity contribution >= 4 is 16.6 Å². The monoisotopic (exact) mass is 305 g/mol. The highest BCUT2D eigenvalue weighted by Crippen LogP contribution is 2.15. The largest absolute Gasteiger partial charge is 0.307 e. The first-order valence-electron chi connectivity index (χ1n) is 7.77. The van der Waals surface area contributed by atoms with Gasteiger partial charge >= 0.3 is 0 Å². The summed E-state index contributed by atoms with van der Waals surface area (Å²) in [6.45, 7) is 4.29. The van der Waals surface area contributed by atoms with E-state index in [1.807, 2.05) is 48.5 Å². The minimum Gasteiger partial charge on any atom is -0.307 e. The number of hydrogen-bond donors (Lipinski definition) is 0. The molecule has 0 atom stereocenters. The number of hydrogen-bond acceptors (Lipinski definition) is 2. The summed E-state index contributed by atoms with van der Waals surface area (Å²) >= 11 is 0. The van der Waals surface area contributed by atoms with Crippen molar-refractivity contribution < 1.29 is 4.79 Å². The van der Waals surface area contributed by atoms with E-state index in [0.29, 0.717) is 16.9 Å². The maximum absolute atomic E-state index is 12.4. The molecular weight excluding hydrogens is 286 g/mol. The lowest BCUT2D eigenvalue weighted by molar-refractivity contribution is 0.0971. The van der Waals surface area contributed by atoms with Gasteiger partial charge in [0, 0.05) is 17.1 Å². The third kappa shape index (κ3) is 3.09. The number of Topliss-reactive ketones (excluding diaryl/α,β-unsaturated/α-hetero) is 1. The van der Waals surface area contributed by atoms with E-state index in [4.69, 9.17) is 0 Å². The van der Waals surface area contributed by atoms with Crippen LogP contribution in [0.3, 0.4) is 0 Å². The average molecular weight is 305 g/mol. The Bertz CT molecular complexity index is 905. The van der Waals surface area contributed by atoms with Crippen molar-refractivity contribution in [2.45, 2.75) is 26.3 Å². The summed E-state index contributed by atoms with van der Waals surface area (Å²) in [6, 6.07) is 16.9. The van der Waals surface area contributed by atoms with Gasteiger partial charge in [-0.2, -0.15) is 0 Å². The molecule has 0 amide bonds. The van der Waals surface area contributed by atoms with E-state index in [1.165, 1.54) is 10.1 Å². The van der Waals surface area contributed by atoms with Gasteiger partial charge in [-0.1, -0.05) is 56.3 Å². The number of benzene rings is 2. The van der Waals surface area contributed by atoms with E-state index >= 15 is 0 Å². The molecule has 1 heterocycles. The fourth-order valence-corrected chi connectivity index (χ4v) is 2.65. The Morgan fingerprint density at radius 3 is 2.39 bits per heavy atom. The molecule has 0 N–H and O–H groups in total. The summed E-state index contributed by atoms with van der Waals surface area (Å²) in [5.74, 6) is 0.375. The van der Waals surface area contributed by atoms with Crippen molar-refractivity contribution in [1.29, 1.82) is 0 Å². The van der Waals surface area contributed by atoms with Crippen LogP contribution in [-0.4, -0.2) is 10.4 Å². The lowest BCUT2D eigenvalue weighted by Crippen LogP contribution is -2.23. The topological polar surface area (TPSA) is 39.1 Å². The van der Waals surface area contributed by atoms with Gasteiger partial charge in [-0.05, 0) is 29.0 Å². The Morgan fingerprint density at radius 1 is 1.00 bits per heavy atom. The highest BCUT2D eigenvalue weighted by molar-refractivity contribution is 5.96. The lowest BCUT2D eigenvalue weighted by atomic mass is 10.0. The second-order valence-electron chi connectivity index (χ2n) is 6.04. The predicted molar refractivity (Wildman–Crippen MR) is 93.1 cm³/mol. The van der Waals surface area contributed by atoms with Crippen LogP contribution in [0.5, 0.6) is 0 Å². The van der Waals surface area contributed by atoms with Gasteiger partial charge < -0.3 is 4.57 Å². The third-order valence-corrected chi connectivity index (χ3v) is 4.10. The number of pyridine rings is 1. The fraction of sp³-hybridized carbons (Fsp3) is 0.200. The lowest BCUT2D eigenvalue weighted by Gasteiger charge is -2.08. The van der Waals surface area contributed by atoms with E-state index in [-0.39, 0.29) is 17.9 Å². The Labute approximate surface area is 135 Å². The first kappa shape index (κ1) is 15.2. The van der Waals surface area contributed by atoms with E-state index in [9.17, 15) is 9.59 Å². The number of carbonyl (C=O) groups excluding carboxylic acids is 1. The van der Waals surface area contributed by atoms with Crippen LogP contribution in [0.15, 0.2) is 65.6 Å². The number of ketones is 1. The average Bonchev–Trinajstić information content (AvgIpc) is 2.57. The van der Waals surface area contributed by atoms with Crippen molar-refractivity contribution in [3.63, 3.8) is 0 Å². The molecule has 23 heavy (non-hydrogen) atoms. The maximum Gasteiger partial charge on any atom is 0.258 e. The van der Waals surface area contributed by atoms with Gasteiger partial charge in [0.15, 0.2) is 5.78 Å². The second-order valence-corrected chi connectivity index (χ2v) is 6.04. The molecule has 116 valence electrons. The van der Waals surface area contributed by atoms with Crippen LogP contribution in [0.25, 0.3) is 10.8 Å². The first-order chi connectivity index (χ1) is 11.1. The summed E-state index contributed by atoms with van der Waals surface area (Å²) in [4.78, 5) is 24.9. The van der Waals surface area contributed by atoms with E-state index in [0.717, 1.165) is 5.39 Å². The predicted octanol–water partition coefficient (Wildman–Crippen LogP) is 4.01. The van der Waals surface area contributed by atoms with Crippen LogP contribution in [0, 0.1) is 0 Å². The van der Waals surface area contributed by atoms with E-state index in [1.54, 1.807) is 12.3 Å². The minimum atomic E-state index is -0.129. The van der Waals surface area contributed by atoms with Crippen LogP contribution in [-0.2, 0) is 6.54 Å². The fourth-order valence-electron chi connectivity index (χ4n) is 2.65.